The number of benzene rings is 2. The highest BCUT2D eigenvalue weighted by Gasteiger charge is 2.25. The molecule has 0 saturated carbocycles. The molecule has 0 spiro atoms. The van der Waals surface area contributed by atoms with E-state index >= 15 is 0 Å². The van der Waals surface area contributed by atoms with Gasteiger partial charge in [-0.1, -0.05) is 18.2 Å². The Labute approximate surface area is 165 Å². The molecule has 3 aromatic rings. The number of halogens is 1. The first kappa shape index (κ1) is 20.8. The minimum absolute atomic E-state index is 0. The van der Waals surface area contributed by atoms with E-state index in [1.165, 1.54) is 0 Å². The fraction of sp³-hybridized carbons (Fsp3) is 0.286. The number of phenols is 1. The van der Waals surface area contributed by atoms with Gasteiger partial charge in [0, 0.05) is 28.9 Å². The number of aromatic nitrogens is 1. The van der Waals surface area contributed by atoms with Crippen LogP contribution in [0.2, 0.25) is 0 Å². The summed E-state index contributed by atoms with van der Waals surface area (Å²) in [4.78, 5) is 14.7. The zero-order chi connectivity index (χ0) is 18.8. The monoisotopic (exact) mass is 388 g/mol. The summed E-state index contributed by atoms with van der Waals surface area (Å²) >= 11 is 0. The van der Waals surface area contributed by atoms with Crippen LogP contribution in [-0.4, -0.2) is 41.2 Å². The summed E-state index contributed by atoms with van der Waals surface area (Å²) in [5.41, 5.74) is 3.89. The number of hydrogen-bond acceptors (Lipinski definition) is 4. The van der Waals surface area contributed by atoms with Gasteiger partial charge in [-0.2, -0.15) is 0 Å². The van der Waals surface area contributed by atoms with E-state index < -0.39 is 0 Å². The van der Waals surface area contributed by atoms with Crippen molar-refractivity contribution in [1.29, 1.82) is 0 Å². The average molecular weight is 389 g/mol. The van der Waals surface area contributed by atoms with Gasteiger partial charge in [0.2, 0.25) is 0 Å². The van der Waals surface area contributed by atoms with Crippen LogP contribution in [0.15, 0.2) is 42.5 Å². The van der Waals surface area contributed by atoms with Crippen LogP contribution in [0.4, 0.5) is 0 Å². The minimum atomic E-state index is -0.365. The first-order valence-electron chi connectivity index (χ1n) is 8.68. The predicted molar refractivity (Wildman–Crippen MR) is 110 cm³/mol. The van der Waals surface area contributed by atoms with Crippen LogP contribution in [0.3, 0.4) is 0 Å². The fourth-order valence-electron chi connectivity index (χ4n) is 3.40. The molecular weight excluding hydrogens is 364 g/mol. The maximum absolute atomic E-state index is 12.7. The number of carbonyl (C=O) groups is 1. The fourth-order valence-corrected chi connectivity index (χ4v) is 3.40. The lowest BCUT2D eigenvalue weighted by Gasteiger charge is -2.14. The SMILES string of the molecule is CCOC(=O)c1c(C)n(-c2ccccc2)c2ccc(O)c(CN(C)C)c12.Cl. The first-order chi connectivity index (χ1) is 12.5. The van der Waals surface area contributed by atoms with Gasteiger partial charge < -0.3 is 19.3 Å². The Morgan fingerprint density at radius 1 is 1.15 bits per heavy atom. The molecule has 0 aliphatic carbocycles. The van der Waals surface area contributed by atoms with E-state index in [0.29, 0.717) is 18.7 Å². The van der Waals surface area contributed by atoms with Gasteiger partial charge in [-0.15, -0.1) is 12.4 Å². The van der Waals surface area contributed by atoms with Crippen molar-refractivity contribution in [1.82, 2.24) is 9.47 Å². The summed E-state index contributed by atoms with van der Waals surface area (Å²) in [5.74, 6) is -0.183. The van der Waals surface area contributed by atoms with Crippen LogP contribution in [0.5, 0.6) is 5.75 Å². The van der Waals surface area contributed by atoms with Crippen molar-refractivity contribution < 1.29 is 14.6 Å². The maximum Gasteiger partial charge on any atom is 0.340 e. The van der Waals surface area contributed by atoms with Crippen LogP contribution in [0, 0.1) is 6.92 Å². The minimum Gasteiger partial charge on any atom is -0.508 e. The van der Waals surface area contributed by atoms with Crippen molar-refractivity contribution in [2.24, 2.45) is 0 Å². The molecule has 5 nitrogen and oxygen atoms in total. The molecule has 6 heteroatoms. The van der Waals surface area contributed by atoms with E-state index in [4.69, 9.17) is 4.74 Å². The molecular formula is C21H25ClN2O3. The van der Waals surface area contributed by atoms with Gasteiger partial charge in [0.05, 0.1) is 17.7 Å². The van der Waals surface area contributed by atoms with Crippen molar-refractivity contribution in [3.05, 3.63) is 59.3 Å². The Hall–Kier alpha value is -2.50. The second kappa shape index (κ2) is 8.46. The quantitative estimate of drug-likeness (QED) is 0.662. The van der Waals surface area contributed by atoms with Crippen LogP contribution >= 0.6 is 12.4 Å². The number of carbonyl (C=O) groups excluding carboxylic acids is 1. The Morgan fingerprint density at radius 2 is 1.81 bits per heavy atom. The summed E-state index contributed by atoms with van der Waals surface area (Å²) in [6.07, 6.45) is 0. The molecule has 3 rings (SSSR count). The maximum atomic E-state index is 12.7. The summed E-state index contributed by atoms with van der Waals surface area (Å²) in [6, 6.07) is 13.4. The second-order valence-electron chi connectivity index (χ2n) is 6.55. The number of hydrogen-bond donors (Lipinski definition) is 1. The molecule has 0 bridgehead atoms. The Balaban J connectivity index is 0.00000261. The van der Waals surface area contributed by atoms with Gasteiger partial charge in [0.1, 0.15) is 5.75 Å². The van der Waals surface area contributed by atoms with Crippen LogP contribution in [0.25, 0.3) is 16.6 Å². The summed E-state index contributed by atoms with van der Waals surface area (Å²) in [7, 11) is 3.87. The lowest BCUT2D eigenvalue weighted by molar-refractivity contribution is 0.0527. The zero-order valence-corrected chi connectivity index (χ0v) is 16.8. The third kappa shape index (κ3) is 3.80. The van der Waals surface area contributed by atoms with E-state index in [1.54, 1.807) is 13.0 Å². The topological polar surface area (TPSA) is 54.7 Å². The molecule has 27 heavy (non-hydrogen) atoms. The van der Waals surface area contributed by atoms with E-state index in [0.717, 1.165) is 27.8 Å². The van der Waals surface area contributed by atoms with Crippen molar-refractivity contribution in [2.75, 3.05) is 20.7 Å². The van der Waals surface area contributed by atoms with Gasteiger partial charge in [0.15, 0.2) is 0 Å². The number of nitrogens with zero attached hydrogens (tertiary/aromatic N) is 2. The third-order valence-corrected chi connectivity index (χ3v) is 4.42. The van der Waals surface area contributed by atoms with E-state index in [-0.39, 0.29) is 24.1 Å². The Kier molecular flexibility index (Phi) is 6.52. The molecule has 0 aliphatic rings. The van der Waals surface area contributed by atoms with Crippen LogP contribution in [-0.2, 0) is 11.3 Å². The van der Waals surface area contributed by atoms with Crippen molar-refractivity contribution in [3.8, 4) is 11.4 Å². The average Bonchev–Trinajstić information content (AvgIpc) is 2.90. The summed E-state index contributed by atoms with van der Waals surface area (Å²) < 4.78 is 7.36. The largest absolute Gasteiger partial charge is 0.508 e. The molecule has 144 valence electrons. The molecule has 0 aliphatic heterocycles. The number of aromatic hydroxyl groups is 1. The molecule has 1 N–H and O–H groups in total. The molecule has 1 heterocycles. The first-order valence-corrected chi connectivity index (χ1v) is 8.68. The number of phenolic OH excluding ortho intramolecular Hbond substituents is 1. The summed E-state index contributed by atoms with van der Waals surface area (Å²) in [6.45, 7) is 4.53. The van der Waals surface area contributed by atoms with Crippen LogP contribution < -0.4 is 0 Å². The second-order valence-corrected chi connectivity index (χ2v) is 6.55. The van der Waals surface area contributed by atoms with E-state index in [2.05, 4.69) is 0 Å². The molecule has 0 fully saturated rings. The molecule has 0 saturated heterocycles. The molecule has 2 aromatic carbocycles. The number of fused-ring (bicyclic) bond motifs is 1. The summed E-state index contributed by atoms with van der Waals surface area (Å²) in [5, 5.41) is 11.2. The van der Waals surface area contributed by atoms with Gasteiger partial charge in [0.25, 0.3) is 0 Å². The van der Waals surface area contributed by atoms with Crippen LogP contribution in [0.1, 0.15) is 28.5 Å². The normalized spacial score (nSPS) is 10.9. The highest BCUT2D eigenvalue weighted by molar-refractivity contribution is 6.08. The number of rotatable bonds is 5. The molecule has 0 atom stereocenters. The highest BCUT2D eigenvalue weighted by Crippen LogP contribution is 2.36. The Bertz CT molecular complexity index is 949. The van der Waals surface area contributed by atoms with Gasteiger partial charge in [-0.25, -0.2) is 4.79 Å². The van der Waals surface area contributed by atoms with E-state index in [9.17, 15) is 9.90 Å². The number of para-hydroxylation sites is 1. The lowest BCUT2D eigenvalue weighted by atomic mass is 10.0. The lowest BCUT2D eigenvalue weighted by Crippen LogP contribution is -2.12. The highest BCUT2D eigenvalue weighted by atomic mass is 35.5. The molecule has 1 aromatic heterocycles. The van der Waals surface area contributed by atoms with Gasteiger partial charge >= 0.3 is 5.97 Å². The van der Waals surface area contributed by atoms with Crippen molar-refractivity contribution in [2.45, 2.75) is 20.4 Å². The predicted octanol–water partition coefficient (Wildman–Crippen LogP) is 4.30. The third-order valence-electron chi connectivity index (χ3n) is 4.42. The van der Waals surface area contributed by atoms with Gasteiger partial charge in [-0.3, -0.25) is 0 Å². The van der Waals surface area contributed by atoms with Gasteiger partial charge in [-0.05, 0) is 52.2 Å². The molecule has 0 radical (unpaired) electrons. The van der Waals surface area contributed by atoms with Crippen molar-refractivity contribution >= 4 is 29.3 Å². The molecule has 0 unspecified atom stereocenters. The number of esters is 1. The number of ether oxygens (including phenoxy) is 1. The smallest absolute Gasteiger partial charge is 0.340 e. The zero-order valence-electron chi connectivity index (χ0n) is 16.0. The Morgan fingerprint density at radius 3 is 2.41 bits per heavy atom. The van der Waals surface area contributed by atoms with E-state index in [1.807, 2.05) is 66.9 Å². The standard InChI is InChI=1S/C21H24N2O3.ClH/c1-5-26-21(25)19-14(2)23(15-9-7-6-8-10-15)17-11-12-18(24)16(20(17)19)13-22(3)4;/h6-12,24H,5,13H2,1-4H3;1H. The molecule has 0 amide bonds. The van der Waals surface area contributed by atoms with Crippen molar-refractivity contribution in [3.63, 3.8) is 0 Å².